The lowest BCUT2D eigenvalue weighted by atomic mass is 9.90. The molecule has 1 aliphatic rings. The molecule has 2 N–H and O–H groups in total. The Morgan fingerprint density at radius 3 is 2.76 bits per heavy atom. The van der Waals surface area contributed by atoms with Crippen molar-refractivity contribution in [1.29, 1.82) is 5.26 Å². The molecule has 1 aromatic rings. The van der Waals surface area contributed by atoms with Crippen molar-refractivity contribution < 1.29 is 4.74 Å². The van der Waals surface area contributed by atoms with Crippen molar-refractivity contribution >= 4 is 5.69 Å². The van der Waals surface area contributed by atoms with Gasteiger partial charge in [-0.2, -0.15) is 5.26 Å². The average Bonchev–Trinajstić information content (AvgIpc) is 2.38. The number of nitrogen functional groups attached to an aromatic ring is 1. The molecule has 90 valence electrons. The molecule has 0 atom stereocenters. The Morgan fingerprint density at radius 2 is 2.06 bits per heavy atom. The normalized spacial score (nSPS) is 16.4. The molecule has 0 spiro atoms. The van der Waals surface area contributed by atoms with Crippen LogP contribution in [0.15, 0.2) is 18.2 Å². The van der Waals surface area contributed by atoms with E-state index in [9.17, 15) is 0 Å². The van der Waals surface area contributed by atoms with Crippen LogP contribution in [0.3, 0.4) is 0 Å². The summed E-state index contributed by atoms with van der Waals surface area (Å²) >= 11 is 0. The van der Waals surface area contributed by atoms with E-state index in [0.29, 0.717) is 22.9 Å². The van der Waals surface area contributed by atoms with E-state index in [1.165, 1.54) is 32.1 Å². The van der Waals surface area contributed by atoms with Gasteiger partial charge in [-0.1, -0.05) is 19.3 Å². The third kappa shape index (κ3) is 3.13. The van der Waals surface area contributed by atoms with Gasteiger partial charge in [0, 0.05) is 5.69 Å². The van der Waals surface area contributed by atoms with Gasteiger partial charge in [-0.15, -0.1) is 0 Å². The van der Waals surface area contributed by atoms with Crippen LogP contribution in [0.25, 0.3) is 0 Å². The summed E-state index contributed by atoms with van der Waals surface area (Å²) in [5.41, 5.74) is 6.77. The Bertz CT molecular complexity index is 417. The number of hydrogen-bond acceptors (Lipinski definition) is 3. The first kappa shape index (κ1) is 11.8. The van der Waals surface area contributed by atoms with Gasteiger partial charge in [-0.05, 0) is 37.0 Å². The topological polar surface area (TPSA) is 59.0 Å². The smallest absolute Gasteiger partial charge is 0.137 e. The fourth-order valence-corrected chi connectivity index (χ4v) is 2.32. The number of anilines is 1. The van der Waals surface area contributed by atoms with Crippen LogP contribution in [0.5, 0.6) is 5.75 Å². The van der Waals surface area contributed by atoms with Gasteiger partial charge in [0.1, 0.15) is 11.8 Å². The van der Waals surface area contributed by atoms with E-state index in [2.05, 4.69) is 6.07 Å². The molecular weight excluding hydrogens is 212 g/mol. The van der Waals surface area contributed by atoms with Gasteiger partial charge in [0.2, 0.25) is 0 Å². The van der Waals surface area contributed by atoms with E-state index in [0.717, 1.165) is 6.61 Å². The highest BCUT2D eigenvalue weighted by atomic mass is 16.5. The van der Waals surface area contributed by atoms with Crippen LogP contribution in [0.4, 0.5) is 5.69 Å². The Balaban J connectivity index is 1.96. The Morgan fingerprint density at radius 1 is 1.29 bits per heavy atom. The lowest BCUT2D eigenvalue weighted by molar-refractivity contribution is 0.208. The second-order valence-corrected chi connectivity index (χ2v) is 4.68. The highest BCUT2D eigenvalue weighted by Crippen LogP contribution is 2.26. The van der Waals surface area contributed by atoms with Crippen LogP contribution in [-0.4, -0.2) is 6.61 Å². The number of nitrogens with zero attached hydrogens (tertiary/aromatic N) is 1. The van der Waals surface area contributed by atoms with E-state index >= 15 is 0 Å². The molecule has 3 heteroatoms. The summed E-state index contributed by atoms with van der Waals surface area (Å²) in [5, 5.41) is 8.99. The summed E-state index contributed by atoms with van der Waals surface area (Å²) in [6.45, 7) is 0.721. The first-order chi connectivity index (χ1) is 8.29. The monoisotopic (exact) mass is 230 g/mol. The van der Waals surface area contributed by atoms with Gasteiger partial charge >= 0.3 is 0 Å². The molecule has 17 heavy (non-hydrogen) atoms. The quantitative estimate of drug-likeness (QED) is 0.812. The summed E-state index contributed by atoms with van der Waals surface area (Å²) in [7, 11) is 0. The third-order valence-corrected chi connectivity index (χ3v) is 3.32. The molecule has 0 radical (unpaired) electrons. The molecule has 0 amide bonds. The van der Waals surface area contributed by atoms with Gasteiger partial charge in [-0.25, -0.2) is 0 Å². The number of ether oxygens (including phenoxy) is 1. The van der Waals surface area contributed by atoms with Crippen LogP contribution in [0.1, 0.15) is 37.7 Å². The van der Waals surface area contributed by atoms with Crippen LogP contribution in [0, 0.1) is 17.2 Å². The molecule has 0 unspecified atom stereocenters. The first-order valence-corrected chi connectivity index (χ1v) is 6.22. The average molecular weight is 230 g/mol. The fraction of sp³-hybridized carbons (Fsp3) is 0.500. The fourth-order valence-electron chi connectivity index (χ4n) is 2.32. The summed E-state index contributed by atoms with van der Waals surface area (Å²) in [6, 6.07) is 7.35. The third-order valence-electron chi connectivity index (χ3n) is 3.32. The zero-order chi connectivity index (χ0) is 12.1. The summed E-state index contributed by atoms with van der Waals surface area (Å²) in [5.74, 6) is 1.31. The molecule has 0 bridgehead atoms. The van der Waals surface area contributed by atoms with Crippen LogP contribution < -0.4 is 10.5 Å². The standard InChI is InChI=1S/C14H18N2O/c15-9-12-8-13(16)6-7-14(12)17-10-11-4-2-1-3-5-11/h6-8,11H,1-5,10,16H2. The van der Waals surface area contributed by atoms with Crippen molar-refractivity contribution in [3.05, 3.63) is 23.8 Å². The highest BCUT2D eigenvalue weighted by Gasteiger charge is 2.14. The molecule has 1 aromatic carbocycles. The second kappa shape index (κ2) is 5.58. The van der Waals surface area contributed by atoms with E-state index in [1.54, 1.807) is 18.2 Å². The minimum atomic E-state index is 0.529. The molecule has 3 nitrogen and oxygen atoms in total. The Labute approximate surface area is 102 Å². The zero-order valence-electron chi connectivity index (χ0n) is 9.98. The minimum absolute atomic E-state index is 0.529. The van der Waals surface area contributed by atoms with E-state index in [-0.39, 0.29) is 0 Å². The number of nitriles is 1. The number of nitrogens with two attached hydrogens (primary N) is 1. The van der Waals surface area contributed by atoms with Crippen molar-refractivity contribution in [3.63, 3.8) is 0 Å². The second-order valence-electron chi connectivity index (χ2n) is 4.68. The van der Waals surface area contributed by atoms with Crippen LogP contribution in [0.2, 0.25) is 0 Å². The number of benzene rings is 1. The summed E-state index contributed by atoms with van der Waals surface area (Å²) in [4.78, 5) is 0. The molecule has 0 saturated heterocycles. The first-order valence-electron chi connectivity index (χ1n) is 6.22. The summed E-state index contributed by atoms with van der Waals surface area (Å²) < 4.78 is 5.74. The predicted molar refractivity (Wildman–Crippen MR) is 67.6 cm³/mol. The van der Waals surface area contributed by atoms with E-state index in [4.69, 9.17) is 15.7 Å². The van der Waals surface area contributed by atoms with Gasteiger partial charge < -0.3 is 10.5 Å². The molecule has 1 saturated carbocycles. The summed E-state index contributed by atoms with van der Waals surface area (Å²) in [6.07, 6.45) is 6.46. The molecule has 0 aromatic heterocycles. The van der Waals surface area contributed by atoms with Crippen molar-refractivity contribution in [3.8, 4) is 11.8 Å². The van der Waals surface area contributed by atoms with Gasteiger partial charge in [0.05, 0.1) is 12.2 Å². The molecule has 0 heterocycles. The van der Waals surface area contributed by atoms with Crippen LogP contribution >= 0.6 is 0 Å². The lowest BCUT2D eigenvalue weighted by Crippen LogP contribution is -2.15. The molecule has 1 aliphatic carbocycles. The van der Waals surface area contributed by atoms with Crippen molar-refractivity contribution in [1.82, 2.24) is 0 Å². The lowest BCUT2D eigenvalue weighted by Gasteiger charge is -2.21. The maximum absolute atomic E-state index is 8.99. The number of rotatable bonds is 3. The molecule has 2 rings (SSSR count). The maximum atomic E-state index is 8.99. The number of hydrogen-bond donors (Lipinski definition) is 1. The maximum Gasteiger partial charge on any atom is 0.137 e. The van der Waals surface area contributed by atoms with E-state index < -0.39 is 0 Å². The molecular formula is C14H18N2O. The Kier molecular flexibility index (Phi) is 3.87. The molecule has 1 fully saturated rings. The van der Waals surface area contributed by atoms with E-state index in [1.807, 2.05) is 0 Å². The van der Waals surface area contributed by atoms with Crippen molar-refractivity contribution in [2.45, 2.75) is 32.1 Å². The predicted octanol–water partition coefficient (Wildman–Crippen LogP) is 3.10. The van der Waals surface area contributed by atoms with Gasteiger partial charge in [-0.3, -0.25) is 0 Å². The van der Waals surface area contributed by atoms with Crippen molar-refractivity contribution in [2.75, 3.05) is 12.3 Å². The molecule has 0 aliphatic heterocycles. The highest BCUT2D eigenvalue weighted by molar-refractivity contribution is 5.53. The zero-order valence-corrected chi connectivity index (χ0v) is 9.98. The largest absolute Gasteiger partial charge is 0.492 e. The Hall–Kier alpha value is -1.69. The van der Waals surface area contributed by atoms with Crippen LogP contribution in [-0.2, 0) is 0 Å². The minimum Gasteiger partial charge on any atom is -0.492 e. The SMILES string of the molecule is N#Cc1cc(N)ccc1OCC1CCCCC1. The van der Waals surface area contributed by atoms with Crippen molar-refractivity contribution in [2.24, 2.45) is 5.92 Å². The van der Waals surface area contributed by atoms with Gasteiger partial charge in [0.25, 0.3) is 0 Å². The van der Waals surface area contributed by atoms with Gasteiger partial charge in [0.15, 0.2) is 0 Å².